The Balaban J connectivity index is 2.84. The van der Waals surface area contributed by atoms with Gasteiger partial charge in [0.2, 0.25) is 6.43 Å². The van der Waals surface area contributed by atoms with Crippen LogP contribution in [0.15, 0.2) is 17.0 Å². The molecule has 0 bridgehead atoms. The van der Waals surface area contributed by atoms with Crippen LogP contribution in [0.4, 0.5) is 8.78 Å². The lowest BCUT2D eigenvalue weighted by Crippen LogP contribution is -2.18. The van der Waals surface area contributed by atoms with Crippen LogP contribution in [0.5, 0.6) is 5.75 Å². The molecule has 0 spiro atoms. The van der Waals surface area contributed by atoms with Crippen molar-refractivity contribution in [3.05, 3.63) is 23.3 Å². The molecule has 19 heavy (non-hydrogen) atoms. The Bertz CT molecular complexity index is 411. The average Bonchev–Trinajstić information content (AvgIpc) is 2.31. The molecule has 1 unspecified atom stereocenters. The van der Waals surface area contributed by atoms with Gasteiger partial charge < -0.3 is 10.5 Å². The van der Waals surface area contributed by atoms with E-state index in [1.807, 2.05) is 26.0 Å². The summed E-state index contributed by atoms with van der Waals surface area (Å²) < 4.78 is 29.6. The number of alkyl halides is 2. The Kier molecular flexibility index (Phi) is 6.58. The van der Waals surface area contributed by atoms with Gasteiger partial charge in [0.1, 0.15) is 5.75 Å². The van der Waals surface area contributed by atoms with Gasteiger partial charge in [0, 0.05) is 23.1 Å². The first-order valence-corrected chi connectivity index (χ1v) is 7.26. The highest BCUT2D eigenvalue weighted by Crippen LogP contribution is 2.33. The number of rotatable bonds is 7. The zero-order valence-corrected chi connectivity index (χ0v) is 12.4. The molecule has 2 nitrogen and oxygen atoms in total. The fourth-order valence-corrected chi connectivity index (χ4v) is 2.86. The Morgan fingerprint density at radius 3 is 2.58 bits per heavy atom. The van der Waals surface area contributed by atoms with Crippen molar-refractivity contribution in [1.29, 1.82) is 0 Å². The topological polar surface area (TPSA) is 35.2 Å². The SMILES string of the molecule is COc1cc(CC(C)N)c(C)cc1SCCC(F)F. The van der Waals surface area contributed by atoms with Crippen LogP contribution < -0.4 is 10.5 Å². The van der Waals surface area contributed by atoms with Gasteiger partial charge >= 0.3 is 0 Å². The first-order chi connectivity index (χ1) is 8.93. The van der Waals surface area contributed by atoms with E-state index >= 15 is 0 Å². The third kappa shape index (κ3) is 5.37. The van der Waals surface area contributed by atoms with Gasteiger partial charge in [-0.1, -0.05) is 0 Å². The van der Waals surface area contributed by atoms with Crippen molar-refractivity contribution >= 4 is 11.8 Å². The molecule has 0 fully saturated rings. The van der Waals surface area contributed by atoms with Gasteiger partial charge in [0.05, 0.1) is 7.11 Å². The minimum absolute atomic E-state index is 0.0840. The molecule has 2 N–H and O–H groups in total. The van der Waals surface area contributed by atoms with Crippen LogP contribution in [0.3, 0.4) is 0 Å². The summed E-state index contributed by atoms with van der Waals surface area (Å²) in [7, 11) is 1.59. The molecule has 1 aromatic rings. The number of nitrogens with two attached hydrogens (primary N) is 1. The van der Waals surface area contributed by atoms with Crippen molar-refractivity contribution in [2.24, 2.45) is 5.73 Å². The maximum atomic E-state index is 12.1. The van der Waals surface area contributed by atoms with E-state index in [1.165, 1.54) is 11.8 Å². The monoisotopic (exact) mass is 289 g/mol. The number of aryl methyl sites for hydroxylation is 1. The lowest BCUT2D eigenvalue weighted by molar-refractivity contribution is 0.145. The van der Waals surface area contributed by atoms with Crippen LogP contribution in [-0.2, 0) is 6.42 Å². The first-order valence-electron chi connectivity index (χ1n) is 6.28. The lowest BCUT2D eigenvalue weighted by atomic mass is 10.0. The van der Waals surface area contributed by atoms with Gasteiger partial charge in [0.25, 0.3) is 0 Å². The van der Waals surface area contributed by atoms with Crippen molar-refractivity contribution in [2.75, 3.05) is 12.9 Å². The molecule has 0 aliphatic rings. The summed E-state index contributed by atoms with van der Waals surface area (Å²) in [5.74, 6) is 1.13. The average molecular weight is 289 g/mol. The minimum Gasteiger partial charge on any atom is -0.496 e. The molecule has 0 amide bonds. The van der Waals surface area contributed by atoms with Gasteiger partial charge in [-0.05, 0) is 43.5 Å². The predicted octanol–water partition coefficient (Wildman–Crippen LogP) is 3.64. The highest BCUT2D eigenvalue weighted by Gasteiger charge is 2.11. The number of benzene rings is 1. The van der Waals surface area contributed by atoms with Crippen LogP contribution in [0, 0.1) is 6.92 Å². The lowest BCUT2D eigenvalue weighted by Gasteiger charge is -2.14. The van der Waals surface area contributed by atoms with E-state index < -0.39 is 6.43 Å². The predicted molar refractivity (Wildman–Crippen MR) is 76.4 cm³/mol. The Morgan fingerprint density at radius 1 is 1.37 bits per heavy atom. The molecule has 0 aromatic heterocycles. The summed E-state index contributed by atoms with van der Waals surface area (Å²) in [6.45, 7) is 3.96. The summed E-state index contributed by atoms with van der Waals surface area (Å²) in [6.07, 6.45) is -1.57. The molecular weight excluding hydrogens is 268 g/mol. The quantitative estimate of drug-likeness (QED) is 0.778. The molecule has 108 valence electrons. The van der Waals surface area contributed by atoms with E-state index in [2.05, 4.69) is 0 Å². The van der Waals surface area contributed by atoms with Crippen LogP contribution in [0.1, 0.15) is 24.5 Å². The van der Waals surface area contributed by atoms with E-state index in [4.69, 9.17) is 10.5 Å². The van der Waals surface area contributed by atoms with Crippen molar-refractivity contribution in [1.82, 2.24) is 0 Å². The fraction of sp³-hybridized carbons (Fsp3) is 0.571. The highest BCUT2D eigenvalue weighted by atomic mass is 32.2. The minimum atomic E-state index is -2.25. The third-order valence-corrected chi connectivity index (χ3v) is 3.83. The second-order valence-corrected chi connectivity index (χ2v) is 5.78. The number of methoxy groups -OCH3 is 1. The Morgan fingerprint density at radius 2 is 2.05 bits per heavy atom. The number of halogens is 2. The van der Waals surface area contributed by atoms with Crippen molar-refractivity contribution in [3.8, 4) is 5.75 Å². The van der Waals surface area contributed by atoms with Crippen LogP contribution in [0.25, 0.3) is 0 Å². The largest absolute Gasteiger partial charge is 0.496 e. The van der Waals surface area contributed by atoms with Gasteiger partial charge in [-0.25, -0.2) is 8.78 Å². The van der Waals surface area contributed by atoms with Crippen LogP contribution in [0.2, 0.25) is 0 Å². The number of thioether (sulfide) groups is 1. The second-order valence-electron chi connectivity index (χ2n) is 4.64. The van der Waals surface area contributed by atoms with Gasteiger partial charge in [-0.3, -0.25) is 0 Å². The Labute approximate surface area is 117 Å². The van der Waals surface area contributed by atoms with E-state index in [9.17, 15) is 8.78 Å². The van der Waals surface area contributed by atoms with Crippen LogP contribution in [-0.4, -0.2) is 25.3 Å². The first kappa shape index (κ1) is 16.2. The summed E-state index contributed by atoms with van der Waals surface area (Å²) in [4.78, 5) is 0.911. The molecular formula is C14H21F2NOS. The van der Waals surface area contributed by atoms with Crippen LogP contribution >= 0.6 is 11.8 Å². The molecule has 0 saturated carbocycles. The summed E-state index contributed by atoms with van der Waals surface area (Å²) in [5, 5.41) is 0. The summed E-state index contributed by atoms with van der Waals surface area (Å²) >= 11 is 1.41. The van der Waals surface area contributed by atoms with E-state index in [0.717, 1.165) is 28.2 Å². The van der Waals surface area contributed by atoms with Gasteiger partial charge in [-0.15, -0.1) is 11.8 Å². The maximum absolute atomic E-state index is 12.1. The van der Waals surface area contributed by atoms with Crippen molar-refractivity contribution in [2.45, 2.75) is 44.1 Å². The smallest absolute Gasteiger partial charge is 0.239 e. The molecule has 1 rings (SSSR count). The normalized spacial score (nSPS) is 12.8. The van der Waals surface area contributed by atoms with E-state index in [-0.39, 0.29) is 12.5 Å². The van der Waals surface area contributed by atoms with Gasteiger partial charge in [0.15, 0.2) is 0 Å². The zero-order valence-electron chi connectivity index (χ0n) is 11.6. The zero-order chi connectivity index (χ0) is 14.4. The maximum Gasteiger partial charge on any atom is 0.239 e. The number of hydrogen-bond donors (Lipinski definition) is 1. The number of ether oxygens (including phenoxy) is 1. The molecule has 5 heteroatoms. The number of hydrogen-bond acceptors (Lipinski definition) is 3. The highest BCUT2D eigenvalue weighted by molar-refractivity contribution is 7.99. The van der Waals surface area contributed by atoms with E-state index in [0.29, 0.717) is 5.75 Å². The van der Waals surface area contributed by atoms with Crippen molar-refractivity contribution in [3.63, 3.8) is 0 Å². The molecule has 0 aliphatic carbocycles. The fourth-order valence-electron chi connectivity index (χ4n) is 1.80. The molecule has 1 atom stereocenters. The summed E-state index contributed by atoms with van der Waals surface area (Å²) in [6, 6.07) is 4.04. The standard InChI is InChI=1S/C14H21F2NOS/c1-9-6-13(19-5-4-14(15)16)12(18-3)8-11(9)7-10(2)17/h6,8,10,14H,4-5,7,17H2,1-3H3. The molecule has 0 radical (unpaired) electrons. The third-order valence-electron chi connectivity index (χ3n) is 2.76. The Hall–Kier alpha value is -0.810. The molecule has 0 heterocycles. The van der Waals surface area contributed by atoms with Crippen molar-refractivity contribution < 1.29 is 13.5 Å². The van der Waals surface area contributed by atoms with Gasteiger partial charge in [-0.2, -0.15) is 0 Å². The second kappa shape index (κ2) is 7.70. The summed E-state index contributed by atoms with van der Waals surface area (Å²) in [5.41, 5.74) is 8.07. The molecule has 1 aromatic carbocycles. The van der Waals surface area contributed by atoms with E-state index in [1.54, 1.807) is 7.11 Å². The molecule has 0 aliphatic heterocycles. The molecule has 0 saturated heterocycles.